The first-order valence-electron chi connectivity index (χ1n) is 6.20. The van der Waals surface area contributed by atoms with E-state index in [1.165, 1.54) is 24.8 Å². The fraction of sp³-hybridized carbons (Fsp3) is 0.571. The lowest BCUT2D eigenvalue weighted by molar-refractivity contribution is 0.282. The molecule has 1 aliphatic rings. The predicted octanol–water partition coefficient (Wildman–Crippen LogP) is 3.82. The standard InChI is InChI=1S/C14H20BrNO/c1-14(2)7-3-4-13(14)16-9-10-5-6-12(17)11(15)8-10/h5-6,8,13,16-17H,3-4,7,9H2,1-2H3. The minimum absolute atomic E-state index is 0.301. The highest BCUT2D eigenvalue weighted by molar-refractivity contribution is 9.10. The summed E-state index contributed by atoms with van der Waals surface area (Å²) >= 11 is 3.34. The van der Waals surface area contributed by atoms with Crippen molar-refractivity contribution in [2.45, 2.75) is 45.7 Å². The van der Waals surface area contributed by atoms with E-state index in [9.17, 15) is 5.11 Å². The van der Waals surface area contributed by atoms with Gasteiger partial charge in [0.1, 0.15) is 5.75 Å². The van der Waals surface area contributed by atoms with Crippen LogP contribution in [0.2, 0.25) is 0 Å². The molecule has 1 aromatic rings. The van der Waals surface area contributed by atoms with Crippen molar-refractivity contribution in [3.8, 4) is 5.75 Å². The second-order valence-electron chi connectivity index (χ2n) is 5.60. The number of aromatic hydroxyl groups is 1. The maximum atomic E-state index is 9.44. The van der Waals surface area contributed by atoms with E-state index in [0.29, 0.717) is 17.2 Å². The normalized spacial score (nSPS) is 22.9. The van der Waals surface area contributed by atoms with Crippen LogP contribution in [-0.4, -0.2) is 11.1 Å². The highest BCUT2D eigenvalue weighted by Gasteiger charge is 2.33. The van der Waals surface area contributed by atoms with Gasteiger partial charge in [-0.15, -0.1) is 0 Å². The molecule has 2 nitrogen and oxygen atoms in total. The van der Waals surface area contributed by atoms with Gasteiger partial charge in [-0.25, -0.2) is 0 Å². The van der Waals surface area contributed by atoms with Gasteiger partial charge in [0, 0.05) is 12.6 Å². The van der Waals surface area contributed by atoms with E-state index in [1.54, 1.807) is 6.07 Å². The van der Waals surface area contributed by atoms with Gasteiger partial charge >= 0.3 is 0 Å². The Morgan fingerprint density at radius 2 is 2.24 bits per heavy atom. The minimum atomic E-state index is 0.301. The summed E-state index contributed by atoms with van der Waals surface area (Å²) in [5.74, 6) is 0.301. The molecule has 1 unspecified atom stereocenters. The molecule has 1 saturated carbocycles. The van der Waals surface area contributed by atoms with Crippen LogP contribution in [0.1, 0.15) is 38.7 Å². The molecule has 1 aromatic carbocycles. The van der Waals surface area contributed by atoms with Crippen LogP contribution < -0.4 is 5.32 Å². The summed E-state index contributed by atoms with van der Waals surface area (Å²) in [7, 11) is 0. The van der Waals surface area contributed by atoms with Gasteiger partial charge in [-0.2, -0.15) is 0 Å². The average molecular weight is 298 g/mol. The third-order valence-corrected chi connectivity index (χ3v) is 4.46. The van der Waals surface area contributed by atoms with Gasteiger partial charge in [-0.05, 0) is 51.9 Å². The lowest BCUT2D eigenvalue weighted by atomic mass is 9.87. The molecule has 3 heteroatoms. The van der Waals surface area contributed by atoms with Crippen molar-refractivity contribution in [1.29, 1.82) is 0 Å². The zero-order chi connectivity index (χ0) is 12.5. The quantitative estimate of drug-likeness (QED) is 0.889. The summed E-state index contributed by atoms with van der Waals surface area (Å²) < 4.78 is 0.766. The molecule has 1 aliphatic carbocycles. The van der Waals surface area contributed by atoms with E-state index in [0.717, 1.165) is 11.0 Å². The number of hydrogen-bond donors (Lipinski definition) is 2. The van der Waals surface area contributed by atoms with Crippen molar-refractivity contribution in [3.05, 3.63) is 28.2 Å². The predicted molar refractivity (Wildman–Crippen MR) is 74.1 cm³/mol. The van der Waals surface area contributed by atoms with Crippen molar-refractivity contribution in [2.75, 3.05) is 0 Å². The fourth-order valence-corrected chi connectivity index (χ4v) is 3.03. The smallest absolute Gasteiger partial charge is 0.129 e. The van der Waals surface area contributed by atoms with Crippen LogP contribution in [0.15, 0.2) is 22.7 Å². The van der Waals surface area contributed by atoms with E-state index < -0.39 is 0 Å². The summed E-state index contributed by atoms with van der Waals surface area (Å²) in [6, 6.07) is 6.29. The van der Waals surface area contributed by atoms with Crippen LogP contribution in [0, 0.1) is 5.41 Å². The zero-order valence-corrected chi connectivity index (χ0v) is 12.0. The first-order valence-corrected chi connectivity index (χ1v) is 6.99. The highest BCUT2D eigenvalue weighted by Crippen LogP contribution is 2.37. The molecule has 0 heterocycles. The maximum Gasteiger partial charge on any atom is 0.129 e. The van der Waals surface area contributed by atoms with Gasteiger partial charge < -0.3 is 10.4 Å². The molecule has 2 rings (SSSR count). The Balaban J connectivity index is 1.96. The summed E-state index contributed by atoms with van der Waals surface area (Å²) in [6.07, 6.45) is 3.90. The van der Waals surface area contributed by atoms with E-state index in [2.05, 4.69) is 35.1 Å². The second-order valence-corrected chi connectivity index (χ2v) is 6.45. The largest absolute Gasteiger partial charge is 0.507 e. The van der Waals surface area contributed by atoms with Crippen LogP contribution in [0.5, 0.6) is 5.75 Å². The first-order chi connectivity index (χ1) is 7.99. The Bertz CT molecular complexity index is 403. The third kappa shape index (κ3) is 3.02. The van der Waals surface area contributed by atoms with Crippen LogP contribution in [0.4, 0.5) is 0 Å². The van der Waals surface area contributed by atoms with Gasteiger partial charge in [0.2, 0.25) is 0 Å². The Labute approximate surface area is 112 Å². The van der Waals surface area contributed by atoms with E-state index >= 15 is 0 Å². The summed E-state index contributed by atoms with van der Waals surface area (Å²) in [4.78, 5) is 0. The lowest BCUT2D eigenvalue weighted by Crippen LogP contribution is -2.37. The summed E-state index contributed by atoms with van der Waals surface area (Å²) in [5.41, 5.74) is 1.62. The molecule has 2 N–H and O–H groups in total. The van der Waals surface area contributed by atoms with Crippen molar-refractivity contribution in [3.63, 3.8) is 0 Å². The van der Waals surface area contributed by atoms with Gasteiger partial charge in [-0.3, -0.25) is 0 Å². The molecule has 0 aliphatic heterocycles. The molecular formula is C14H20BrNO. The molecule has 1 fully saturated rings. The topological polar surface area (TPSA) is 32.3 Å². The first kappa shape index (κ1) is 12.9. The SMILES string of the molecule is CC1(C)CCCC1NCc1ccc(O)c(Br)c1. The Kier molecular flexibility index (Phi) is 3.79. The van der Waals surface area contributed by atoms with Crippen molar-refractivity contribution >= 4 is 15.9 Å². The van der Waals surface area contributed by atoms with Gasteiger partial charge in [-0.1, -0.05) is 26.3 Å². The number of phenols is 1. The molecule has 0 bridgehead atoms. The van der Waals surface area contributed by atoms with Crippen molar-refractivity contribution in [2.24, 2.45) is 5.41 Å². The van der Waals surface area contributed by atoms with Crippen LogP contribution in [0.3, 0.4) is 0 Å². The van der Waals surface area contributed by atoms with Crippen molar-refractivity contribution in [1.82, 2.24) is 5.32 Å². The Morgan fingerprint density at radius 1 is 1.47 bits per heavy atom. The molecule has 0 amide bonds. The maximum absolute atomic E-state index is 9.44. The number of halogens is 1. The number of phenolic OH excluding ortho intramolecular Hbond substituents is 1. The number of benzene rings is 1. The zero-order valence-electron chi connectivity index (χ0n) is 10.5. The van der Waals surface area contributed by atoms with Gasteiger partial charge in [0.15, 0.2) is 0 Å². The highest BCUT2D eigenvalue weighted by atomic mass is 79.9. The molecule has 0 spiro atoms. The van der Waals surface area contributed by atoms with Crippen LogP contribution in [0.25, 0.3) is 0 Å². The molecular weight excluding hydrogens is 278 g/mol. The fourth-order valence-electron chi connectivity index (χ4n) is 2.61. The minimum Gasteiger partial charge on any atom is -0.507 e. The molecule has 0 saturated heterocycles. The third-order valence-electron chi connectivity index (χ3n) is 3.82. The van der Waals surface area contributed by atoms with Crippen LogP contribution in [-0.2, 0) is 6.54 Å². The summed E-state index contributed by atoms with van der Waals surface area (Å²) in [6.45, 7) is 5.54. The summed E-state index contributed by atoms with van der Waals surface area (Å²) in [5, 5.41) is 13.1. The molecule has 94 valence electrons. The monoisotopic (exact) mass is 297 g/mol. The van der Waals surface area contributed by atoms with Gasteiger partial charge in [0.05, 0.1) is 4.47 Å². The molecule has 1 atom stereocenters. The number of hydrogen-bond acceptors (Lipinski definition) is 2. The Morgan fingerprint density at radius 3 is 2.82 bits per heavy atom. The van der Waals surface area contributed by atoms with Crippen LogP contribution >= 0.6 is 15.9 Å². The molecule has 0 radical (unpaired) electrons. The van der Waals surface area contributed by atoms with E-state index in [1.807, 2.05) is 12.1 Å². The molecule has 17 heavy (non-hydrogen) atoms. The Hall–Kier alpha value is -0.540. The number of nitrogens with one attached hydrogen (secondary N) is 1. The average Bonchev–Trinajstić information content (AvgIpc) is 2.60. The van der Waals surface area contributed by atoms with Gasteiger partial charge in [0.25, 0.3) is 0 Å². The molecule has 0 aromatic heterocycles. The van der Waals surface area contributed by atoms with E-state index in [4.69, 9.17) is 0 Å². The lowest BCUT2D eigenvalue weighted by Gasteiger charge is -2.28. The van der Waals surface area contributed by atoms with Crippen molar-refractivity contribution < 1.29 is 5.11 Å². The second kappa shape index (κ2) is 4.99. The number of rotatable bonds is 3. The van der Waals surface area contributed by atoms with E-state index in [-0.39, 0.29) is 0 Å².